The summed E-state index contributed by atoms with van der Waals surface area (Å²) in [7, 11) is 0. The molecule has 1 amide bonds. The van der Waals surface area contributed by atoms with Crippen LogP contribution in [0, 0.1) is 0 Å². The van der Waals surface area contributed by atoms with Crippen molar-refractivity contribution in [1.29, 1.82) is 0 Å². The molecule has 3 N–H and O–H groups in total. The van der Waals surface area contributed by atoms with Gasteiger partial charge in [0.05, 0.1) is 11.1 Å². The van der Waals surface area contributed by atoms with E-state index in [1.165, 1.54) is 18.5 Å². The van der Waals surface area contributed by atoms with Crippen LogP contribution < -0.4 is 10.7 Å². The standard InChI is InChI=1S/C12H18N2O3/c1-11(2,12(3,4)17)14-10(16)8-7-13-6-5-9(8)15/h5-7,17H,1-4H3,(H,13,15)(H,14,16). The molecule has 0 aliphatic heterocycles. The third-order valence-corrected chi connectivity index (χ3v) is 3.02. The summed E-state index contributed by atoms with van der Waals surface area (Å²) >= 11 is 0. The molecule has 0 bridgehead atoms. The van der Waals surface area contributed by atoms with E-state index in [9.17, 15) is 14.7 Å². The van der Waals surface area contributed by atoms with Gasteiger partial charge in [0.2, 0.25) is 0 Å². The molecule has 0 saturated heterocycles. The summed E-state index contributed by atoms with van der Waals surface area (Å²) in [5.74, 6) is -0.501. The van der Waals surface area contributed by atoms with Crippen molar-refractivity contribution in [3.63, 3.8) is 0 Å². The number of aromatic nitrogens is 1. The van der Waals surface area contributed by atoms with E-state index < -0.39 is 17.0 Å². The lowest BCUT2D eigenvalue weighted by Crippen LogP contribution is -2.58. The van der Waals surface area contributed by atoms with Crippen LogP contribution in [-0.4, -0.2) is 27.1 Å². The van der Waals surface area contributed by atoms with E-state index in [0.717, 1.165) is 0 Å². The molecule has 0 saturated carbocycles. The van der Waals surface area contributed by atoms with Gasteiger partial charge in [0.25, 0.3) is 5.91 Å². The van der Waals surface area contributed by atoms with Crippen LogP contribution in [0.4, 0.5) is 0 Å². The Morgan fingerprint density at radius 2 is 1.94 bits per heavy atom. The molecule has 5 nitrogen and oxygen atoms in total. The molecule has 5 heteroatoms. The number of hydrogen-bond donors (Lipinski definition) is 3. The number of pyridine rings is 1. The van der Waals surface area contributed by atoms with Crippen molar-refractivity contribution in [1.82, 2.24) is 10.3 Å². The smallest absolute Gasteiger partial charge is 0.257 e. The molecule has 0 fully saturated rings. The number of amides is 1. The van der Waals surface area contributed by atoms with Crippen molar-refractivity contribution >= 4 is 5.91 Å². The highest BCUT2D eigenvalue weighted by molar-refractivity contribution is 5.94. The van der Waals surface area contributed by atoms with Gasteiger partial charge in [0.15, 0.2) is 5.43 Å². The number of nitrogens with one attached hydrogen (secondary N) is 2. The first-order valence-electron chi connectivity index (χ1n) is 5.37. The molecular weight excluding hydrogens is 220 g/mol. The van der Waals surface area contributed by atoms with Crippen molar-refractivity contribution in [2.24, 2.45) is 0 Å². The number of H-pyrrole nitrogens is 1. The average molecular weight is 238 g/mol. The fraction of sp³-hybridized carbons (Fsp3) is 0.500. The first-order chi connectivity index (χ1) is 7.65. The maximum atomic E-state index is 11.9. The Labute approximate surface area is 99.9 Å². The Hall–Kier alpha value is -1.62. The van der Waals surface area contributed by atoms with E-state index in [1.54, 1.807) is 27.7 Å². The number of aromatic amines is 1. The largest absolute Gasteiger partial charge is 0.388 e. The summed E-state index contributed by atoms with van der Waals surface area (Å²) in [6, 6.07) is 1.28. The van der Waals surface area contributed by atoms with E-state index >= 15 is 0 Å². The monoisotopic (exact) mass is 238 g/mol. The van der Waals surface area contributed by atoms with Crippen LogP contribution in [-0.2, 0) is 0 Å². The molecule has 0 unspecified atom stereocenters. The molecule has 0 radical (unpaired) electrons. The highest BCUT2D eigenvalue weighted by Gasteiger charge is 2.36. The third kappa shape index (κ3) is 2.94. The fourth-order valence-corrected chi connectivity index (χ4v) is 1.10. The van der Waals surface area contributed by atoms with Crippen LogP contribution in [0.25, 0.3) is 0 Å². The Kier molecular flexibility index (Phi) is 3.43. The zero-order valence-corrected chi connectivity index (χ0v) is 10.5. The topological polar surface area (TPSA) is 82.2 Å². The lowest BCUT2D eigenvalue weighted by molar-refractivity contribution is -0.00295. The minimum Gasteiger partial charge on any atom is -0.388 e. The second-order valence-electron chi connectivity index (χ2n) is 5.06. The van der Waals surface area contributed by atoms with Crippen molar-refractivity contribution in [3.8, 4) is 0 Å². The van der Waals surface area contributed by atoms with E-state index in [2.05, 4.69) is 10.3 Å². The summed E-state index contributed by atoms with van der Waals surface area (Å²) in [6.07, 6.45) is 2.80. The lowest BCUT2D eigenvalue weighted by Gasteiger charge is -2.37. The van der Waals surface area contributed by atoms with Gasteiger partial charge < -0.3 is 15.4 Å². The van der Waals surface area contributed by atoms with Crippen LogP contribution in [0.3, 0.4) is 0 Å². The van der Waals surface area contributed by atoms with Crippen LogP contribution in [0.5, 0.6) is 0 Å². The average Bonchev–Trinajstić information content (AvgIpc) is 2.15. The van der Waals surface area contributed by atoms with Gasteiger partial charge in [-0.25, -0.2) is 0 Å². The Morgan fingerprint density at radius 1 is 1.35 bits per heavy atom. The Balaban J connectivity index is 2.96. The van der Waals surface area contributed by atoms with Gasteiger partial charge in [-0.2, -0.15) is 0 Å². The third-order valence-electron chi connectivity index (χ3n) is 3.02. The minimum atomic E-state index is -1.09. The van der Waals surface area contributed by atoms with Gasteiger partial charge in [-0.15, -0.1) is 0 Å². The van der Waals surface area contributed by atoms with E-state index in [-0.39, 0.29) is 11.0 Å². The highest BCUT2D eigenvalue weighted by atomic mass is 16.3. The molecule has 1 aromatic heterocycles. The molecule has 1 heterocycles. The first kappa shape index (κ1) is 13.4. The van der Waals surface area contributed by atoms with Crippen LogP contribution in [0.15, 0.2) is 23.3 Å². The number of aliphatic hydroxyl groups is 1. The maximum Gasteiger partial charge on any atom is 0.257 e. The molecule has 1 rings (SSSR count). The molecule has 1 aromatic rings. The quantitative estimate of drug-likeness (QED) is 0.723. The summed E-state index contributed by atoms with van der Waals surface area (Å²) in [4.78, 5) is 26.0. The first-order valence-corrected chi connectivity index (χ1v) is 5.37. The Morgan fingerprint density at radius 3 is 2.41 bits per heavy atom. The number of rotatable bonds is 3. The van der Waals surface area contributed by atoms with Crippen molar-refractivity contribution in [2.45, 2.75) is 38.8 Å². The second-order valence-corrected chi connectivity index (χ2v) is 5.06. The van der Waals surface area contributed by atoms with Crippen LogP contribution in [0.1, 0.15) is 38.1 Å². The molecule has 0 aliphatic rings. The number of carbonyl (C=O) groups excluding carboxylic acids is 1. The number of hydrogen-bond acceptors (Lipinski definition) is 3. The van der Waals surface area contributed by atoms with E-state index in [1.807, 2.05) is 0 Å². The van der Waals surface area contributed by atoms with Crippen LogP contribution in [0.2, 0.25) is 0 Å². The summed E-state index contributed by atoms with van der Waals surface area (Å²) < 4.78 is 0. The summed E-state index contributed by atoms with van der Waals surface area (Å²) in [5, 5.41) is 12.6. The highest BCUT2D eigenvalue weighted by Crippen LogP contribution is 2.20. The van der Waals surface area contributed by atoms with Gasteiger partial charge in [-0.05, 0) is 27.7 Å². The molecule has 0 spiro atoms. The molecule has 94 valence electrons. The normalized spacial score (nSPS) is 12.3. The van der Waals surface area contributed by atoms with Gasteiger partial charge in [0, 0.05) is 18.5 Å². The summed E-state index contributed by atoms with van der Waals surface area (Å²) in [6.45, 7) is 6.59. The lowest BCUT2D eigenvalue weighted by atomic mass is 9.86. The zero-order chi connectivity index (χ0) is 13.3. The van der Waals surface area contributed by atoms with Crippen LogP contribution >= 0.6 is 0 Å². The Bertz CT molecular complexity index is 469. The fourth-order valence-electron chi connectivity index (χ4n) is 1.10. The van der Waals surface area contributed by atoms with Gasteiger partial charge in [-0.3, -0.25) is 9.59 Å². The van der Waals surface area contributed by atoms with Gasteiger partial charge in [-0.1, -0.05) is 0 Å². The number of carbonyl (C=O) groups is 1. The zero-order valence-electron chi connectivity index (χ0n) is 10.5. The van der Waals surface area contributed by atoms with E-state index in [4.69, 9.17) is 0 Å². The van der Waals surface area contributed by atoms with Crippen molar-refractivity contribution < 1.29 is 9.90 Å². The van der Waals surface area contributed by atoms with Gasteiger partial charge >= 0.3 is 0 Å². The molecular formula is C12H18N2O3. The molecule has 17 heavy (non-hydrogen) atoms. The molecule has 0 atom stereocenters. The SMILES string of the molecule is CC(C)(O)C(C)(C)NC(=O)c1c[nH]ccc1=O. The summed E-state index contributed by atoms with van der Waals surface area (Å²) in [5.41, 5.74) is -2.26. The second kappa shape index (κ2) is 4.33. The minimum absolute atomic E-state index is 0.0322. The predicted octanol–water partition coefficient (Wildman–Crippen LogP) is 0.654. The molecule has 0 aliphatic carbocycles. The van der Waals surface area contributed by atoms with E-state index in [0.29, 0.717) is 0 Å². The van der Waals surface area contributed by atoms with Crippen molar-refractivity contribution in [3.05, 3.63) is 34.2 Å². The van der Waals surface area contributed by atoms with Gasteiger partial charge in [0.1, 0.15) is 5.56 Å². The maximum absolute atomic E-state index is 11.9. The molecule has 0 aromatic carbocycles. The predicted molar refractivity (Wildman–Crippen MR) is 64.9 cm³/mol. The van der Waals surface area contributed by atoms with Crippen molar-refractivity contribution in [2.75, 3.05) is 0 Å².